The number of aromatic nitrogens is 2. The van der Waals surface area contributed by atoms with Gasteiger partial charge in [0.25, 0.3) is 0 Å². The Kier molecular flexibility index (Phi) is 8.64. The number of nitrogens with zero attached hydrogens (tertiary/aromatic N) is 2. The van der Waals surface area contributed by atoms with E-state index in [1.54, 1.807) is 0 Å². The van der Waals surface area contributed by atoms with E-state index in [1.807, 2.05) is 6.20 Å². The standard InChI is InChI=1S/C18H34N2/c1-5-9-11-16(7-3)15-20-14-13-19-18(20)17(8-4)12-10-6-2/h13-14,16-17H,5-12,15H2,1-4H3. The van der Waals surface area contributed by atoms with E-state index >= 15 is 0 Å². The van der Waals surface area contributed by atoms with Gasteiger partial charge in [0.15, 0.2) is 0 Å². The molecule has 0 amide bonds. The molecule has 1 aromatic heterocycles. The minimum Gasteiger partial charge on any atom is -0.334 e. The van der Waals surface area contributed by atoms with Crippen molar-refractivity contribution in [3.05, 3.63) is 18.2 Å². The molecule has 2 heteroatoms. The Labute approximate surface area is 126 Å². The molecule has 0 saturated heterocycles. The van der Waals surface area contributed by atoms with Gasteiger partial charge < -0.3 is 4.57 Å². The second-order valence-electron chi connectivity index (χ2n) is 6.10. The summed E-state index contributed by atoms with van der Waals surface area (Å²) in [6, 6.07) is 0. The molecule has 0 aliphatic rings. The van der Waals surface area contributed by atoms with Crippen molar-refractivity contribution in [1.82, 2.24) is 9.55 Å². The van der Waals surface area contributed by atoms with Gasteiger partial charge in [0, 0.05) is 24.9 Å². The SMILES string of the molecule is CCCCC(CC)Cn1ccnc1C(CC)CCCC. The Morgan fingerprint density at radius 1 is 1.00 bits per heavy atom. The van der Waals surface area contributed by atoms with Crippen LogP contribution in [0.4, 0.5) is 0 Å². The molecule has 0 fully saturated rings. The van der Waals surface area contributed by atoms with Crippen molar-refractivity contribution in [3.63, 3.8) is 0 Å². The summed E-state index contributed by atoms with van der Waals surface area (Å²) in [5, 5.41) is 0. The minimum atomic E-state index is 0.647. The van der Waals surface area contributed by atoms with Crippen LogP contribution in [0.2, 0.25) is 0 Å². The topological polar surface area (TPSA) is 17.8 Å². The Morgan fingerprint density at radius 2 is 1.70 bits per heavy atom. The highest BCUT2D eigenvalue weighted by Gasteiger charge is 2.16. The molecular weight excluding hydrogens is 244 g/mol. The predicted molar refractivity (Wildman–Crippen MR) is 88.1 cm³/mol. The van der Waals surface area contributed by atoms with E-state index in [0.717, 1.165) is 12.5 Å². The van der Waals surface area contributed by atoms with Gasteiger partial charge >= 0.3 is 0 Å². The maximum atomic E-state index is 4.67. The molecule has 20 heavy (non-hydrogen) atoms. The molecule has 0 spiro atoms. The van der Waals surface area contributed by atoms with Crippen LogP contribution in [0.1, 0.15) is 90.8 Å². The number of imidazole rings is 1. The Hall–Kier alpha value is -0.790. The van der Waals surface area contributed by atoms with Gasteiger partial charge in [-0.1, -0.05) is 59.8 Å². The molecule has 116 valence electrons. The van der Waals surface area contributed by atoms with Crippen molar-refractivity contribution in [3.8, 4) is 0 Å². The van der Waals surface area contributed by atoms with Crippen LogP contribution in [0.3, 0.4) is 0 Å². The maximum absolute atomic E-state index is 4.67. The monoisotopic (exact) mass is 278 g/mol. The molecule has 2 nitrogen and oxygen atoms in total. The molecule has 1 rings (SSSR count). The average molecular weight is 278 g/mol. The van der Waals surface area contributed by atoms with Crippen LogP contribution in [-0.2, 0) is 6.54 Å². The Bertz CT molecular complexity index is 343. The highest BCUT2D eigenvalue weighted by atomic mass is 15.1. The first-order valence-corrected chi connectivity index (χ1v) is 8.77. The molecular formula is C18H34N2. The predicted octanol–water partition coefficient (Wildman–Crippen LogP) is 5.78. The van der Waals surface area contributed by atoms with Crippen molar-refractivity contribution in [2.75, 3.05) is 0 Å². The first kappa shape index (κ1) is 17.3. The lowest BCUT2D eigenvalue weighted by atomic mass is 9.96. The third-order valence-corrected chi connectivity index (χ3v) is 4.51. The first-order valence-electron chi connectivity index (χ1n) is 8.77. The molecule has 1 aromatic rings. The molecule has 0 aliphatic heterocycles. The number of hydrogen-bond donors (Lipinski definition) is 0. The average Bonchev–Trinajstić information content (AvgIpc) is 2.92. The summed E-state index contributed by atoms with van der Waals surface area (Å²) in [5.41, 5.74) is 0. The number of hydrogen-bond acceptors (Lipinski definition) is 1. The smallest absolute Gasteiger partial charge is 0.111 e. The molecule has 0 aliphatic carbocycles. The van der Waals surface area contributed by atoms with Gasteiger partial charge in [-0.3, -0.25) is 0 Å². The van der Waals surface area contributed by atoms with E-state index in [4.69, 9.17) is 0 Å². The summed E-state index contributed by atoms with van der Waals surface area (Å²) in [7, 11) is 0. The van der Waals surface area contributed by atoms with Crippen molar-refractivity contribution in [2.45, 2.75) is 91.5 Å². The van der Waals surface area contributed by atoms with Crippen LogP contribution in [0, 0.1) is 5.92 Å². The highest BCUT2D eigenvalue weighted by Crippen LogP contribution is 2.25. The van der Waals surface area contributed by atoms with E-state index in [9.17, 15) is 0 Å². The fourth-order valence-corrected chi connectivity index (χ4v) is 3.00. The highest BCUT2D eigenvalue weighted by molar-refractivity contribution is 5.00. The van der Waals surface area contributed by atoms with Gasteiger partial charge in [-0.25, -0.2) is 4.98 Å². The second kappa shape index (κ2) is 10.0. The zero-order valence-electron chi connectivity index (χ0n) is 14.1. The number of unbranched alkanes of at least 4 members (excludes halogenated alkanes) is 2. The van der Waals surface area contributed by atoms with Gasteiger partial charge in [0.1, 0.15) is 5.82 Å². The molecule has 0 bridgehead atoms. The summed E-state index contributed by atoms with van der Waals surface area (Å²) in [6.07, 6.45) is 14.6. The van der Waals surface area contributed by atoms with Crippen molar-refractivity contribution in [2.24, 2.45) is 5.92 Å². The summed E-state index contributed by atoms with van der Waals surface area (Å²) in [5.74, 6) is 2.79. The molecule has 0 saturated carbocycles. The summed E-state index contributed by atoms with van der Waals surface area (Å²) < 4.78 is 2.44. The van der Waals surface area contributed by atoms with Crippen LogP contribution in [0.15, 0.2) is 12.4 Å². The maximum Gasteiger partial charge on any atom is 0.111 e. The lowest BCUT2D eigenvalue weighted by Crippen LogP contribution is -2.14. The van der Waals surface area contributed by atoms with Gasteiger partial charge in [-0.15, -0.1) is 0 Å². The van der Waals surface area contributed by atoms with Crippen molar-refractivity contribution >= 4 is 0 Å². The summed E-state index contributed by atoms with van der Waals surface area (Å²) >= 11 is 0. The normalized spacial score (nSPS) is 14.4. The fourth-order valence-electron chi connectivity index (χ4n) is 3.00. The van der Waals surface area contributed by atoms with E-state index in [-0.39, 0.29) is 0 Å². The fraction of sp³-hybridized carbons (Fsp3) is 0.833. The van der Waals surface area contributed by atoms with Crippen LogP contribution in [0.25, 0.3) is 0 Å². The zero-order valence-corrected chi connectivity index (χ0v) is 14.1. The van der Waals surface area contributed by atoms with E-state index in [0.29, 0.717) is 5.92 Å². The first-order chi connectivity index (χ1) is 9.76. The van der Waals surface area contributed by atoms with Crippen molar-refractivity contribution in [1.29, 1.82) is 0 Å². The van der Waals surface area contributed by atoms with Gasteiger partial charge in [-0.2, -0.15) is 0 Å². The lowest BCUT2D eigenvalue weighted by Gasteiger charge is -2.20. The lowest BCUT2D eigenvalue weighted by molar-refractivity contribution is 0.375. The third-order valence-electron chi connectivity index (χ3n) is 4.51. The van der Waals surface area contributed by atoms with Crippen molar-refractivity contribution < 1.29 is 0 Å². The Morgan fingerprint density at radius 3 is 2.30 bits per heavy atom. The molecule has 0 N–H and O–H groups in total. The number of rotatable bonds is 11. The van der Waals surface area contributed by atoms with Crippen LogP contribution >= 0.6 is 0 Å². The molecule has 1 heterocycles. The van der Waals surface area contributed by atoms with E-state index < -0.39 is 0 Å². The van der Waals surface area contributed by atoms with Crippen LogP contribution < -0.4 is 0 Å². The van der Waals surface area contributed by atoms with Gasteiger partial charge in [0.2, 0.25) is 0 Å². The molecule has 0 radical (unpaired) electrons. The van der Waals surface area contributed by atoms with Gasteiger partial charge in [-0.05, 0) is 25.2 Å². The van der Waals surface area contributed by atoms with Gasteiger partial charge in [0.05, 0.1) is 0 Å². The quantitative estimate of drug-likeness (QED) is 0.501. The minimum absolute atomic E-state index is 0.647. The van der Waals surface area contributed by atoms with E-state index in [1.165, 1.54) is 57.2 Å². The largest absolute Gasteiger partial charge is 0.334 e. The molecule has 2 unspecified atom stereocenters. The molecule has 2 atom stereocenters. The van der Waals surface area contributed by atoms with Crippen LogP contribution in [0.5, 0.6) is 0 Å². The second-order valence-corrected chi connectivity index (χ2v) is 6.10. The zero-order chi connectivity index (χ0) is 14.8. The van der Waals surface area contributed by atoms with E-state index in [2.05, 4.69) is 43.4 Å². The molecule has 0 aromatic carbocycles. The summed E-state index contributed by atoms with van der Waals surface area (Å²) in [4.78, 5) is 4.67. The third kappa shape index (κ3) is 5.30. The summed E-state index contributed by atoms with van der Waals surface area (Å²) in [6.45, 7) is 10.3. The Balaban J connectivity index is 2.68. The van der Waals surface area contributed by atoms with Crippen LogP contribution in [-0.4, -0.2) is 9.55 Å².